The highest BCUT2D eigenvalue weighted by atomic mass is 32.2. The lowest BCUT2D eigenvalue weighted by Gasteiger charge is -2.20. The number of hydrogen-bond acceptors (Lipinski definition) is 4. The third-order valence-electron chi connectivity index (χ3n) is 3.32. The van der Waals surface area contributed by atoms with Gasteiger partial charge >= 0.3 is 0 Å². The van der Waals surface area contributed by atoms with Crippen molar-refractivity contribution in [3.05, 3.63) is 18.0 Å². The van der Waals surface area contributed by atoms with E-state index in [9.17, 15) is 13.2 Å². The van der Waals surface area contributed by atoms with Crippen LogP contribution in [0.25, 0.3) is 0 Å². The van der Waals surface area contributed by atoms with E-state index in [4.69, 9.17) is 5.73 Å². The molecule has 0 saturated carbocycles. The molecule has 0 aliphatic carbocycles. The minimum atomic E-state index is -3.00. The molecule has 7 heteroatoms. The summed E-state index contributed by atoms with van der Waals surface area (Å²) in [6.07, 6.45) is 2.22. The molecule has 1 fully saturated rings. The van der Waals surface area contributed by atoms with Gasteiger partial charge in [-0.3, -0.25) is 4.79 Å². The zero-order valence-electron chi connectivity index (χ0n) is 11.0. The van der Waals surface area contributed by atoms with E-state index >= 15 is 0 Å². The highest BCUT2D eigenvalue weighted by Gasteiger charge is 2.25. The lowest BCUT2D eigenvalue weighted by atomic mass is 10.3. The summed E-state index contributed by atoms with van der Waals surface area (Å²) in [6, 6.07) is 1.64. The molecule has 0 aromatic carbocycles. The second-order valence-corrected chi connectivity index (χ2v) is 7.05. The van der Waals surface area contributed by atoms with Gasteiger partial charge in [0.25, 0.3) is 5.91 Å². The second-order valence-electron chi connectivity index (χ2n) is 4.74. The van der Waals surface area contributed by atoms with Gasteiger partial charge in [-0.15, -0.1) is 0 Å². The first kappa shape index (κ1) is 13.9. The Morgan fingerprint density at radius 3 is 2.79 bits per heavy atom. The quantitative estimate of drug-likeness (QED) is 0.849. The van der Waals surface area contributed by atoms with E-state index in [1.165, 1.54) is 0 Å². The number of nitrogen functional groups attached to an aromatic ring is 1. The van der Waals surface area contributed by atoms with Crippen molar-refractivity contribution in [2.75, 3.05) is 30.3 Å². The maximum Gasteiger partial charge on any atom is 0.270 e. The molecule has 6 nitrogen and oxygen atoms in total. The second kappa shape index (κ2) is 5.24. The summed E-state index contributed by atoms with van der Waals surface area (Å²) < 4.78 is 24.9. The van der Waals surface area contributed by atoms with Crippen molar-refractivity contribution in [3.63, 3.8) is 0 Å². The Morgan fingerprint density at radius 1 is 1.37 bits per heavy atom. The number of nitrogens with two attached hydrogens (primary N) is 1. The fourth-order valence-electron chi connectivity index (χ4n) is 2.28. The molecule has 2 heterocycles. The van der Waals surface area contributed by atoms with Crippen LogP contribution in [-0.4, -0.2) is 48.4 Å². The van der Waals surface area contributed by atoms with E-state index in [1.54, 1.807) is 21.7 Å². The Balaban J connectivity index is 2.19. The number of aromatic nitrogens is 1. The Hall–Kier alpha value is -1.50. The van der Waals surface area contributed by atoms with Crippen LogP contribution in [0.4, 0.5) is 5.69 Å². The van der Waals surface area contributed by atoms with Crippen LogP contribution in [0.15, 0.2) is 12.3 Å². The average molecular weight is 285 g/mol. The standard InChI is InChI=1S/C12H19N3O3S/c1-2-14-9-10(13)8-11(14)12(16)15-4-3-6-19(17,18)7-5-15/h8-9H,2-7,13H2,1H3. The molecule has 2 N–H and O–H groups in total. The fraction of sp³-hybridized carbons (Fsp3) is 0.583. The predicted molar refractivity (Wildman–Crippen MR) is 73.7 cm³/mol. The number of carbonyl (C=O) groups is 1. The number of amides is 1. The predicted octanol–water partition coefficient (Wildman–Crippen LogP) is 0.351. The van der Waals surface area contributed by atoms with Crippen LogP contribution in [0.1, 0.15) is 23.8 Å². The van der Waals surface area contributed by atoms with Gasteiger partial charge in [0.05, 0.1) is 17.2 Å². The van der Waals surface area contributed by atoms with Crippen molar-refractivity contribution in [3.8, 4) is 0 Å². The maximum absolute atomic E-state index is 12.4. The first-order valence-corrected chi connectivity index (χ1v) is 8.20. The van der Waals surface area contributed by atoms with E-state index in [0.717, 1.165) is 0 Å². The van der Waals surface area contributed by atoms with E-state index in [1.807, 2.05) is 6.92 Å². The normalized spacial score (nSPS) is 19.1. The van der Waals surface area contributed by atoms with Gasteiger partial charge in [-0.1, -0.05) is 0 Å². The van der Waals surface area contributed by atoms with E-state index in [-0.39, 0.29) is 24.0 Å². The Kier molecular flexibility index (Phi) is 3.84. The molecule has 1 saturated heterocycles. The van der Waals surface area contributed by atoms with Gasteiger partial charge in [0.15, 0.2) is 9.84 Å². The van der Waals surface area contributed by atoms with Gasteiger partial charge in [0, 0.05) is 25.8 Å². The number of sulfone groups is 1. The van der Waals surface area contributed by atoms with Crippen molar-refractivity contribution in [2.24, 2.45) is 0 Å². The van der Waals surface area contributed by atoms with Crippen molar-refractivity contribution >= 4 is 21.4 Å². The zero-order valence-corrected chi connectivity index (χ0v) is 11.8. The number of rotatable bonds is 2. The van der Waals surface area contributed by atoms with Gasteiger partial charge in [-0.2, -0.15) is 0 Å². The van der Waals surface area contributed by atoms with Crippen molar-refractivity contribution in [1.29, 1.82) is 0 Å². The average Bonchev–Trinajstić information content (AvgIpc) is 2.63. The van der Waals surface area contributed by atoms with Crippen LogP contribution in [-0.2, 0) is 16.4 Å². The largest absolute Gasteiger partial charge is 0.397 e. The lowest BCUT2D eigenvalue weighted by Crippen LogP contribution is -2.34. The summed E-state index contributed by atoms with van der Waals surface area (Å²) in [5.41, 5.74) is 6.78. The molecule has 1 amide bonds. The smallest absolute Gasteiger partial charge is 0.270 e. The van der Waals surface area contributed by atoms with Crippen molar-refractivity contribution in [1.82, 2.24) is 9.47 Å². The summed E-state index contributed by atoms with van der Waals surface area (Å²) in [5, 5.41) is 0. The van der Waals surface area contributed by atoms with Crippen LogP contribution in [0, 0.1) is 0 Å². The molecule has 0 bridgehead atoms. The van der Waals surface area contributed by atoms with Gasteiger partial charge < -0.3 is 15.2 Å². The van der Waals surface area contributed by atoms with Crippen LogP contribution in [0.3, 0.4) is 0 Å². The van der Waals surface area contributed by atoms with E-state index in [2.05, 4.69) is 0 Å². The van der Waals surface area contributed by atoms with Crippen molar-refractivity contribution < 1.29 is 13.2 Å². The molecule has 0 spiro atoms. The zero-order chi connectivity index (χ0) is 14.0. The number of anilines is 1. The van der Waals surface area contributed by atoms with Crippen LogP contribution in [0.2, 0.25) is 0 Å². The first-order valence-electron chi connectivity index (χ1n) is 6.38. The minimum Gasteiger partial charge on any atom is -0.397 e. The van der Waals surface area contributed by atoms with Crippen molar-refractivity contribution in [2.45, 2.75) is 19.9 Å². The summed E-state index contributed by atoms with van der Waals surface area (Å²) in [7, 11) is -3.00. The van der Waals surface area contributed by atoms with Gasteiger partial charge in [-0.25, -0.2) is 8.42 Å². The molecule has 0 radical (unpaired) electrons. The van der Waals surface area contributed by atoms with Gasteiger partial charge in [0.2, 0.25) is 0 Å². The molecule has 1 aromatic rings. The summed E-state index contributed by atoms with van der Waals surface area (Å²) in [6.45, 7) is 3.33. The molecule has 1 aliphatic rings. The monoisotopic (exact) mass is 285 g/mol. The van der Waals surface area contributed by atoms with Gasteiger partial charge in [-0.05, 0) is 19.4 Å². The highest BCUT2D eigenvalue weighted by Crippen LogP contribution is 2.15. The summed E-state index contributed by atoms with van der Waals surface area (Å²) in [5.74, 6) is 0.0602. The topological polar surface area (TPSA) is 85.4 Å². The first-order chi connectivity index (χ1) is 8.93. The Labute approximate surface area is 113 Å². The molecule has 0 atom stereocenters. The van der Waals surface area contributed by atoms with E-state index < -0.39 is 9.84 Å². The summed E-state index contributed by atoms with van der Waals surface area (Å²) >= 11 is 0. The van der Waals surface area contributed by atoms with Crippen LogP contribution < -0.4 is 5.73 Å². The molecule has 1 aliphatic heterocycles. The maximum atomic E-state index is 12.4. The number of aryl methyl sites for hydroxylation is 1. The van der Waals surface area contributed by atoms with E-state index in [0.29, 0.717) is 30.9 Å². The Morgan fingerprint density at radius 2 is 2.11 bits per heavy atom. The third kappa shape index (κ3) is 3.09. The molecule has 2 rings (SSSR count). The number of carbonyl (C=O) groups excluding carboxylic acids is 1. The van der Waals surface area contributed by atoms with Crippen LogP contribution in [0.5, 0.6) is 0 Å². The SMILES string of the molecule is CCn1cc(N)cc1C(=O)N1CCCS(=O)(=O)CC1. The molecular formula is C12H19N3O3S. The molecule has 19 heavy (non-hydrogen) atoms. The lowest BCUT2D eigenvalue weighted by molar-refractivity contribution is 0.0758. The molecule has 0 unspecified atom stereocenters. The van der Waals surface area contributed by atoms with Gasteiger partial charge in [0.1, 0.15) is 5.69 Å². The Bertz CT molecular complexity index is 577. The molecular weight excluding hydrogens is 266 g/mol. The van der Waals surface area contributed by atoms with Crippen LogP contribution >= 0.6 is 0 Å². The highest BCUT2D eigenvalue weighted by molar-refractivity contribution is 7.91. The molecule has 1 aromatic heterocycles. The number of hydrogen-bond donors (Lipinski definition) is 1. The third-order valence-corrected chi connectivity index (χ3v) is 5.04. The fourth-order valence-corrected chi connectivity index (χ4v) is 3.55. The number of nitrogens with zero attached hydrogens (tertiary/aromatic N) is 2. The summed E-state index contributed by atoms with van der Waals surface area (Å²) in [4.78, 5) is 14.0. The molecule has 106 valence electrons. The minimum absolute atomic E-state index is 0.0427.